The van der Waals surface area contributed by atoms with Gasteiger partial charge in [0.25, 0.3) is 0 Å². The van der Waals surface area contributed by atoms with E-state index in [1.165, 1.54) is 0 Å². The monoisotopic (exact) mass is 207 g/mol. The van der Waals surface area contributed by atoms with Gasteiger partial charge in [0.1, 0.15) is 0 Å². The van der Waals surface area contributed by atoms with Gasteiger partial charge in [-0.15, -0.1) is 12.4 Å². The fourth-order valence-corrected chi connectivity index (χ4v) is 2.33. The molecule has 4 heteroatoms. The number of aliphatic hydroxyl groups is 1. The van der Waals surface area contributed by atoms with Gasteiger partial charge < -0.3 is 15.2 Å². The summed E-state index contributed by atoms with van der Waals surface area (Å²) in [5.41, 5.74) is 0.343. The first-order chi connectivity index (χ1) is 5.81. The zero-order chi connectivity index (χ0) is 8.44. The summed E-state index contributed by atoms with van der Waals surface area (Å²) in [4.78, 5) is 0. The average molecular weight is 208 g/mol. The molecular weight excluding hydrogens is 190 g/mol. The van der Waals surface area contributed by atoms with Crippen molar-refractivity contribution >= 4 is 12.4 Å². The summed E-state index contributed by atoms with van der Waals surface area (Å²) in [5, 5.41) is 12.8. The van der Waals surface area contributed by atoms with Crippen molar-refractivity contribution in [2.24, 2.45) is 5.41 Å². The van der Waals surface area contributed by atoms with Crippen molar-refractivity contribution in [2.45, 2.75) is 25.4 Å². The molecule has 3 nitrogen and oxygen atoms in total. The average Bonchev–Trinajstić information content (AvgIpc) is 2.05. The van der Waals surface area contributed by atoms with Gasteiger partial charge in [0.2, 0.25) is 0 Å². The molecule has 1 unspecified atom stereocenters. The molecule has 2 fully saturated rings. The van der Waals surface area contributed by atoms with E-state index < -0.39 is 0 Å². The topological polar surface area (TPSA) is 41.5 Å². The summed E-state index contributed by atoms with van der Waals surface area (Å²) in [6.07, 6.45) is 3.04. The summed E-state index contributed by atoms with van der Waals surface area (Å²) >= 11 is 0. The third-order valence-electron chi connectivity index (χ3n) is 3.10. The predicted octanol–water partition coefficient (Wildman–Crippen LogP) is 0.559. The predicted molar refractivity (Wildman–Crippen MR) is 53.2 cm³/mol. The largest absolute Gasteiger partial charge is 0.392 e. The Labute approximate surface area is 85.3 Å². The fraction of sp³-hybridized carbons (Fsp3) is 1.00. The lowest BCUT2D eigenvalue weighted by molar-refractivity contribution is -0.0289. The van der Waals surface area contributed by atoms with Crippen LogP contribution in [-0.2, 0) is 4.74 Å². The minimum absolute atomic E-state index is 0. The first-order valence-corrected chi connectivity index (χ1v) is 4.77. The lowest BCUT2D eigenvalue weighted by Crippen LogP contribution is -2.49. The molecule has 0 saturated carbocycles. The number of hydrogen-bond donors (Lipinski definition) is 2. The van der Waals surface area contributed by atoms with E-state index in [4.69, 9.17) is 4.74 Å². The van der Waals surface area contributed by atoms with Gasteiger partial charge in [-0.2, -0.15) is 0 Å². The third-order valence-corrected chi connectivity index (χ3v) is 3.10. The summed E-state index contributed by atoms with van der Waals surface area (Å²) in [6.45, 7) is 3.57. The smallest absolute Gasteiger partial charge is 0.0670 e. The second-order valence-electron chi connectivity index (χ2n) is 4.10. The molecule has 78 valence electrons. The van der Waals surface area contributed by atoms with Crippen LogP contribution in [0.25, 0.3) is 0 Å². The van der Waals surface area contributed by atoms with Gasteiger partial charge in [-0.1, -0.05) is 0 Å². The van der Waals surface area contributed by atoms with Gasteiger partial charge >= 0.3 is 0 Å². The summed E-state index contributed by atoms with van der Waals surface area (Å²) in [5.74, 6) is 0. The molecule has 2 aliphatic heterocycles. The zero-order valence-corrected chi connectivity index (χ0v) is 8.61. The Morgan fingerprint density at radius 3 is 2.62 bits per heavy atom. The summed E-state index contributed by atoms with van der Waals surface area (Å²) in [6, 6.07) is 0. The maximum Gasteiger partial charge on any atom is 0.0670 e. The molecule has 0 aromatic carbocycles. The van der Waals surface area contributed by atoms with Crippen LogP contribution in [0.3, 0.4) is 0 Å². The molecule has 0 amide bonds. The van der Waals surface area contributed by atoms with Crippen LogP contribution in [0, 0.1) is 5.41 Å². The van der Waals surface area contributed by atoms with Crippen molar-refractivity contribution in [1.82, 2.24) is 5.32 Å². The summed E-state index contributed by atoms with van der Waals surface area (Å²) < 4.78 is 5.32. The number of halogens is 1. The number of β-amino-alcohol motifs (C(OH)–C–C–N with tert-alkyl or cyclic N) is 1. The van der Waals surface area contributed by atoms with Crippen LogP contribution < -0.4 is 5.32 Å². The van der Waals surface area contributed by atoms with Crippen LogP contribution in [0.2, 0.25) is 0 Å². The Hall–Kier alpha value is 0.170. The molecule has 13 heavy (non-hydrogen) atoms. The van der Waals surface area contributed by atoms with E-state index in [-0.39, 0.29) is 18.5 Å². The van der Waals surface area contributed by atoms with E-state index in [1.807, 2.05) is 0 Å². The normalized spacial score (nSPS) is 32.5. The van der Waals surface area contributed by atoms with E-state index in [0.29, 0.717) is 5.41 Å². The van der Waals surface area contributed by atoms with Crippen LogP contribution in [0.15, 0.2) is 0 Å². The van der Waals surface area contributed by atoms with Crippen LogP contribution >= 0.6 is 12.4 Å². The van der Waals surface area contributed by atoms with Crippen LogP contribution in [-0.4, -0.2) is 37.5 Å². The molecule has 0 aromatic rings. The number of nitrogens with one attached hydrogen (secondary N) is 1. The highest BCUT2D eigenvalue weighted by molar-refractivity contribution is 5.85. The molecule has 2 rings (SSSR count). The second-order valence-corrected chi connectivity index (χ2v) is 4.10. The molecule has 1 atom stereocenters. The van der Waals surface area contributed by atoms with Crippen molar-refractivity contribution in [1.29, 1.82) is 0 Å². The molecule has 0 bridgehead atoms. The van der Waals surface area contributed by atoms with Gasteiger partial charge in [0.15, 0.2) is 0 Å². The lowest BCUT2D eigenvalue weighted by atomic mass is 9.74. The molecule has 0 aliphatic carbocycles. The fourth-order valence-electron chi connectivity index (χ4n) is 2.33. The SMILES string of the molecule is Cl.OC1CNCC2(CCOCC2)C1. The Bertz CT molecular complexity index is 154. The van der Waals surface area contributed by atoms with Crippen molar-refractivity contribution < 1.29 is 9.84 Å². The third kappa shape index (κ3) is 2.56. The van der Waals surface area contributed by atoms with E-state index in [2.05, 4.69) is 5.32 Å². The summed E-state index contributed by atoms with van der Waals surface area (Å²) in [7, 11) is 0. The van der Waals surface area contributed by atoms with Crippen molar-refractivity contribution in [3.8, 4) is 0 Å². The minimum Gasteiger partial charge on any atom is -0.392 e. The Morgan fingerprint density at radius 1 is 1.31 bits per heavy atom. The standard InChI is InChI=1S/C9H17NO2.ClH/c11-8-5-9(7-10-6-8)1-3-12-4-2-9;/h8,10-11H,1-7H2;1H. The van der Waals surface area contributed by atoms with E-state index >= 15 is 0 Å². The van der Waals surface area contributed by atoms with E-state index in [1.54, 1.807) is 0 Å². The first kappa shape index (κ1) is 11.2. The van der Waals surface area contributed by atoms with Crippen molar-refractivity contribution in [3.63, 3.8) is 0 Å². The molecule has 2 saturated heterocycles. The molecule has 2 aliphatic rings. The van der Waals surface area contributed by atoms with Crippen LogP contribution in [0.4, 0.5) is 0 Å². The number of piperidine rings is 1. The van der Waals surface area contributed by atoms with Crippen LogP contribution in [0.1, 0.15) is 19.3 Å². The quantitative estimate of drug-likeness (QED) is 0.610. The maximum atomic E-state index is 9.52. The Balaban J connectivity index is 0.000000845. The lowest BCUT2D eigenvalue weighted by Gasteiger charge is -2.42. The molecule has 2 N–H and O–H groups in total. The number of rotatable bonds is 0. The second kappa shape index (κ2) is 4.60. The molecule has 0 radical (unpaired) electrons. The first-order valence-electron chi connectivity index (χ1n) is 4.77. The number of ether oxygens (including phenoxy) is 1. The van der Waals surface area contributed by atoms with E-state index in [0.717, 1.165) is 45.6 Å². The Morgan fingerprint density at radius 2 is 2.00 bits per heavy atom. The van der Waals surface area contributed by atoms with Gasteiger partial charge in [-0.25, -0.2) is 0 Å². The van der Waals surface area contributed by atoms with E-state index in [9.17, 15) is 5.11 Å². The highest BCUT2D eigenvalue weighted by Gasteiger charge is 2.36. The zero-order valence-electron chi connectivity index (χ0n) is 7.79. The molecule has 2 heterocycles. The molecule has 1 spiro atoms. The highest BCUT2D eigenvalue weighted by atomic mass is 35.5. The van der Waals surface area contributed by atoms with Gasteiger partial charge in [0, 0.05) is 26.3 Å². The van der Waals surface area contributed by atoms with Crippen molar-refractivity contribution in [2.75, 3.05) is 26.3 Å². The number of hydrogen-bond acceptors (Lipinski definition) is 3. The minimum atomic E-state index is -0.142. The molecular formula is C9H18ClNO2. The highest BCUT2D eigenvalue weighted by Crippen LogP contribution is 2.36. The van der Waals surface area contributed by atoms with Gasteiger partial charge in [-0.05, 0) is 24.7 Å². The Kier molecular flexibility index (Phi) is 3.98. The van der Waals surface area contributed by atoms with Gasteiger partial charge in [-0.3, -0.25) is 0 Å². The maximum absolute atomic E-state index is 9.52. The molecule has 0 aromatic heterocycles. The van der Waals surface area contributed by atoms with Crippen LogP contribution in [0.5, 0.6) is 0 Å². The van der Waals surface area contributed by atoms with Crippen molar-refractivity contribution in [3.05, 3.63) is 0 Å². The number of aliphatic hydroxyl groups excluding tert-OH is 1. The van der Waals surface area contributed by atoms with Gasteiger partial charge in [0.05, 0.1) is 6.10 Å².